The molecule has 0 aliphatic carbocycles. The molecule has 0 saturated carbocycles. The molecular weight excluding hydrogens is 904 g/mol. The lowest BCUT2D eigenvalue weighted by Gasteiger charge is -2.21. The first kappa shape index (κ1) is 67.4. The Labute approximate surface area is 428 Å². The summed E-state index contributed by atoms with van der Waals surface area (Å²) in [6, 6.07) is 0. The highest BCUT2D eigenvalue weighted by Gasteiger charge is 2.28. The molecule has 0 radical (unpaired) electrons. The molecule has 0 fully saturated rings. The molecule has 0 saturated heterocycles. The Bertz CT molecular complexity index is 1360. The third kappa shape index (κ3) is 50.4. The predicted molar refractivity (Wildman–Crippen MR) is 289 cm³/mol. The quantitative estimate of drug-likeness (QED) is 0.0197. The summed E-state index contributed by atoms with van der Waals surface area (Å²) >= 11 is 0. The molecule has 408 valence electrons. The second-order valence-corrected chi connectivity index (χ2v) is 20.5. The maximum atomic E-state index is 12.9. The first-order valence-electron chi connectivity index (χ1n) is 28.5. The van der Waals surface area contributed by atoms with Crippen LogP contribution in [-0.2, 0) is 42.2 Å². The van der Waals surface area contributed by atoms with Gasteiger partial charge in [0.2, 0.25) is 0 Å². The summed E-state index contributed by atoms with van der Waals surface area (Å²) in [5.74, 6) is -1.49. The first-order valence-corrected chi connectivity index (χ1v) is 30.0. The summed E-state index contributed by atoms with van der Waals surface area (Å²) in [7, 11) is -4.75. The number of hydrogen-bond donors (Lipinski definition) is 2. The van der Waals surface area contributed by atoms with E-state index in [1.807, 2.05) is 0 Å². The molecule has 0 aliphatic heterocycles. The number of ether oxygens (including phenoxy) is 3. The van der Waals surface area contributed by atoms with Gasteiger partial charge in [-0.1, -0.05) is 217 Å². The molecule has 0 spiro atoms. The Kier molecular flexibility index (Phi) is 50.8. The van der Waals surface area contributed by atoms with Crippen molar-refractivity contribution in [2.24, 2.45) is 0 Å². The molecule has 2 N–H and O–H groups in total. The Morgan fingerprint density at radius 1 is 0.414 bits per heavy atom. The van der Waals surface area contributed by atoms with Crippen LogP contribution in [0.25, 0.3) is 0 Å². The van der Waals surface area contributed by atoms with E-state index in [1.165, 1.54) is 109 Å². The number of hydrogen-bond acceptors (Lipinski definition) is 10. The van der Waals surface area contributed by atoms with Crippen LogP contribution in [0, 0.1) is 0 Å². The summed E-state index contributed by atoms with van der Waals surface area (Å²) in [5, 5.41) is 9.79. The summed E-state index contributed by atoms with van der Waals surface area (Å²) in [4.78, 5) is 48.5. The number of aliphatic hydroxyl groups excluding tert-OH is 1. The Morgan fingerprint density at radius 2 is 0.743 bits per heavy atom. The van der Waals surface area contributed by atoms with Crippen LogP contribution in [0.2, 0.25) is 0 Å². The summed E-state index contributed by atoms with van der Waals surface area (Å²) in [6.45, 7) is 4.51. The number of unbranched alkanes of at least 4 members (excludes halogenated alkanes) is 28. The van der Waals surface area contributed by atoms with E-state index in [9.17, 15) is 28.9 Å². The van der Waals surface area contributed by atoms with E-state index in [0.29, 0.717) is 19.3 Å². The molecule has 0 aliphatic rings. The molecule has 3 unspecified atom stereocenters. The topological polar surface area (TPSA) is 155 Å². The molecule has 0 aromatic carbocycles. The molecule has 0 amide bonds. The number of aliphatic hydroxyl groups is 1. The molecule has 0 aromatic rings. The molecule has 3 atom stereocenters. The van der Waals surface area contributed by atoms with Crippen LogP contribution < -0.4 is 0 Å². The number of esters is 3. The third-order valence-electron chi connectivity index (χ3n) is 12.2. The normalized spacial score (nSPS) is 13.7. The number of carbonyl (C=O) groups excluding carboxylic acids is 3. The monoisotopic (exact) mass is 1010 g/mol. The van der Waals surface area contributed by atoms with E-state index in [1.54, 1.807) is 0 Å². The van der Waals surface area contributed by atoms with Gasteiger partial charge in [-0.3, -0.25) is 23.4 Å². The first-order chi connectivity index (χ1) is 34.2. The van der Waals surface area contributed by atoms with Gasteiger partial charge in [-0.2, -0.15) is 0 Å². The lowest BCUT2D eigenvalue weighted by Crippen LogP contribution is -2.30. The number of rotatable bonds is 53. The maximum absolute atomic E-state index is 12.9. The SMILES string of the molecule is CC/C=C\C/C=C\C/C=C\CCCCCC(=O)OC(CO)COP(=O)(O)OCC(COC(=O)CCCCCCC/C=C\CCCCCCCC)OC(=O)CCCCCCCCCCCCCCCCC. The largest absolute Gasteiger partial charge is 0.472 e. The van der Waals surface area contributed by atoms with Gasteiger partial charge in [-0.15, -0.1) is 0 Å². The van der Waals surface area contributed by atoms with Gasteiger partial charge >= 0.3 is 25.7 Å². The van der Waals surface area contributed by atoms with Crippen LogP contribution in [0.4, 0.5) is 0 Å². The average Bonchev–Trinajstić information content (AvgIpc) is 3.35. The van der Waals surface area contributed by atoms with Gasteiger partial charge in [0, 0.05) is 19.3 Å². The van der Waals surface area contributed by atoms with Crippen molar-refractivity contribution >= 4 is 25.7 Å². The summed E-state index contributed by atoms with van der Waals surface area (Å²) in [5.41, 5.74) is 0. The van der Waals surface area contributed by atoms with Gasteiger partial charge < -0.3 is 24.2 Å². The molecule has 12 heteroatoms. The van der Waals surface area contributed by atoms with Crippen molar-refractivity contribution in [2.75, 3.05) is 26.4 Å². The van der Waals surface area contributed by atoms with Gasteiger partial charge in [-0.05, 0) is 77.0 Å². The smallest absolute Gasteiger partial charge is 0.462 e. The van der Waals surface area contributed by atoms with E-state index in [0.717, 1.165) is 96.3 Å². The van der Waals surface area contributed by atoms with Gasteiger partial charge in [0.15, 0.2) is 6.10 Å². The van der Waals surface area contributed by atoms with Crippen LogP contribution in [0.1, 0.15) is 265 Å². The Morgan fingerprint density at radius 3 is 1.17 bits per heavy atom. The maximum Gasteiger partial charge on any atom is 0.472 e. The highest BCUT2D eigenvalue weighted by molar-refractivity contribution is 7.47. The highest BCUT2D eigenvalue weighted by atomic mass is 31.2. The number of carbonyl (C=O) groups is 3. The fraction of sp³-hybridized carbons (Fsp3) is 0.810. The standard InChI is InChI=1S/C58H105O11P/c1-4-7-10-13-16-19-22-25-27-30-32-35-38-41-44-47-56(60)65-51-55(69-58(62)49-46-43-40-37-34-31-28-26-23-20-17-14-11-8-5-2)53-67-70(63,64)66-52-54(50-59)68-57(61)48-45-42-39-36-33-29-24-21-18-15-12-9-6-3/h9,12,18,21,25,27,29,33,54-55,59H,4-8,10-11,13-17,19-20,22-24,26,28,30-32,34-53H2,1-3H3,(H,63,64)/b12-9-,21-18-,27-25-,33-29-. The van der Waals surface area contributed by atoms with Gasteiger partial charge in [0.1, 0.15) is 12.7 Å². The van der Waals surface area contributed by atoms with Crippen molar-refractivity contribution < 1.29 is 52.2 Å². The van der Waals surface area contributed by atoms with Gasteiger partial charge in [-0.25, -0.2) is 4.57 Å². The summed E-state index contributed by atoms with van der Waals surface area (Å²) in [6.07, 6.45) is 55.0. The Balaban J connectivity index is 4.74. The molecule has 0 rings (SSSR count). The molecule has 0 heterocycles. The Hall–Kier alpha value is -2.56. The van der Waals surface area contributed by atoms with Crippen molar-refractivity contribution in [3.63, 3.8) is 0 Å². The zero-order valence-corrected chi connectivity index (χ0v) is 45.9. The van der Waals surface area contributed by atoms with Crippen molar-refractivity contribution in [1.82, 2.24) is 0 Å². The average molecular weight is 1010 g/mol. The fourth-order valence-corrected chi connectivity index (χ4v) is 8.68. The van der Waals surface area contributed by atoms with Crippen molar-refractivity contribution in [2.45, 2.75) is 277 Å². The molecule has 11 nitrogen and oxygen atoms in total. The van der Waals surface area contributed by atoms with Crippen LogP contribution in [0.3, 0.4) is 0 Å². The van der Waals surface area contributed by atoms with Gasteiger partial charge in [0.25, 0.3) is 0 Å². The van der Waals surface area contributed by atoms with Crippen molar-refractivity contribution in [3.05, 3.63) is 48.6 Å². The van der Waals surface area contributed by atoms with E-state index in [4.69, 9.17) is 23.3 Å². The second kappa shape index (κ2) is 52.8. The van der Waals surface area contributed by atoms with E-state index >= 15 is 0 Å². The number of allylic oxidation sites excluding steroid dienone is 8. The zero-order valence-electron chi connectivity index (χ0n) is 45.0. The van der Waals surface area contributed by atoms with E-state index in [-0.39, 0.29) is 25.9 Å². The molecular formula is C58H105O11P. The summed E-state index contributed by atoms with van der Waals surface area (Å²) < 4.78 is 39.5. The third-order valence-corrected chi connectivity index (χ3v) is 13.2. The van der Waals surface area contributed by atoms with Crippen LogP contribution in [-0.4, -0.2) is 66.5 Å². The second-order valence-electron chi connectivity index (χ2n) is 19.1. The highest BCUT2D eigenvalue weighted by Crippen LogP contribution is 2.43. The zero-order chi connectivity index (χ0) is 51.3. The predicted octanol–water partition coefficient (Wildman–Crippen LogP) is 16.6. The lowest BCUT2D eigenvalue weighted by molar-refractivity contribution is -0.161. The lowest BCUT2D eigenvalue weighted by atomic mass is 10.0. The molecule has 0 bridgehead atoms. The number of phosphoric acid groups is 1. The minimum absolute atomic E-state index is 0.143. The van der Waals surface area contributed by atoms with E-state index < -0.39 is 57.8 Å². The molecule has 0 aromatic heterocycles. The van der Waals surface area contributed by atoms with Crippen molar-refractivity contribution in [1.29, 1.82) is 0 Å². The van der Waals surface area contributed by atoms with Crippen LogP contribution in [0.5, 0.6) is 0 Å². The molecule has 70 heavy (non-hydrogen) atoms. The minimum atomic E-state index is -4.75. The van der Waals surface area contributed by atoms with Crippen LogP contribution >= 0.6 is 7.82 Å². The van der Waals surface area contributed by atoms with Gasteiger partial charge in [0.05, 0.1) is 19.8 Å². The van der Waals surface area contributed by atoms with Crippen LogP contribution in [0.15, 0.2) is 48.6 Å². The van der Waals surface area contributed by atoms with Crippen molar-refractivity contribution in [3.8, 4) is 0 Å². The minimum Gasteiger partial charge on any atom is -0.462 e. The van der Waals surface area contributed by atoms with E-state index in [2.05, 4.69) is 69.4 Å². The fourth-order valence-electron chi connectivity index (χ4n) is 7.90. The number of phosphoric ester groups is 1.